The van der Waals surface area contributed by atoms with Gasteiger partial charge < -0.3 is 9.84 Å². The molecule has 0 aliphatic heterocycles. The van der Waals surface area contributed by atoms with Crippen molar-refractivity contribution in [2.24, 2.45) is 0 Å². The molecule has 118 valence electrons. The van der Waals surface area contributed by atoms with Crippen molar-refractivity contribution in [3.05, 3.63) is 22.2 Å². The Morgan fingerprint density at radius 3 is 2.57 bits per heavy atom. The molecular weight excluding hydrogens is 384 g/mol. The van der Waals surface area contributed by atoms with E-state index in [1.807, 2.05) is 0 Å². The number of rotatable bonds is 8. The molecule has 0 aliphatic carbocycles. The molecule has 5 nitrogen and oxygen atoms in total. The molecule has 1 aromatic rings. The highest BCUT2D eigenvalue weighted by Crippen LogP contribution is 2.33. The molecular formula is C13H16BrClO5S. The molecule has 0 aromatic heterocycles. The first-order chi connectivity index (χ1) is 9.71. The molecule has 0 aliphatic rings. The summed E-state index contributed by atoms with van der Waals surface area (Å²) in [6.07, 6.45) is 2.03. The highest BCUT2D eigenvalue weighted by atomic mass is 79.9. The fourth-order valence-electron chi connectivity index (χ4n) is 1.79. The number of hydrogen-bond acceptors (Lipinski definition) is 4. The number of unbranched alkanes of at least 4 members (excludes halogenated alkanes) is 2. The van der Waals surface area contributed by atoms with Gasteiger partial charge in [0.1, 0.15) is 10.6 Å². The third-order valence-corrected chi connectivity index (χ3v) is 4.53. The predicted molar refractivity (Wildman–Crippen MR) is 83.5 cm³/mol. The van der Waals surface area contributed by atoms with Crippen molar-refractivity contribution >= 4 is 41.6 Å². The maximum Gasteiger partial charge on any atom is 0.303 e. The van der Waals surface area contributed by atoms with Crippen LogP contribution in [0.4, 0.5) is 0 Å². The molecule has 1 aromatic carbocycles. The van der Waals surface area contributed by atoms with Gasteiger partial charge in [0.25, 0.3) is 9.05 Å². The van der Waals surface area contributed by atoms with E-state index in [9.17, 15) is 13.2 Å². The maximum absolute atomic E-state index is 11.6. The first kappa shape index (κ1) is 18.3. The van der Waals surface area contributed by atoms with E-state index in [2.05, 4.69) is 15.9 Å². The number of aryl methyl sites for hydroxylation is 1. The smallest absolute Gasteiger partial charge is 0.303 e. The molecule has 0 spiro atoms. The lowest BCUT2D eigenvalue weighted by molar-refractivity contribution is -0.137. The highest BCUT2D eigenvalue weighted by Gasteiger charge is 2.19. The second-order valence-corrected chi connectivity index (χ2v) is 7.99. The summed E-state index contributed by atoms with van der Waals surface area (Å²) in [4.78, 5) is 10.3. The molecule has 0 unspecified atom stereocenters. The molecule has 0 atom stereocenters. The van der Waals surface area contributed by atoms with E-state index in [1.165, 1.54) is 6.07 Å². The SMILES string of the molecule is Cc1cc(Br)cc(S(=O)(=O)Cl)c1OCCCCCC(=O)O. The second kappa shape index (κ2) is 8.00. The zero-order valence-corrected chi connectivity index (χ0v) is 14.6. The summed E-state index contributed by atoms with van der Waals surface area (Å²) in [6.45, 7) is 2.04. The van der Waals surface area contributed by atoms with Crippen molar-refractivity contribution in [3.63, 3.8) is 0 Å². The number of carbonyl (C=O) groups is 1. The zero-order chi connectivity index (χ0) is 16.0. The topological polar surface area (TPSA) is 80.7 Å². The third-order valence-electron chi connectivity index (χ3n) is 2.75. The standard InChI is InChI=1S/C13H16BrClO5S/c1-9-7-10(14)8-11(21(15,18)19)13(9)20-6-4-2-3-5-12(16)17/h7-8H,2-6H2,1H3,(H,16,17). The Kier molecular flexibility index (Phi) is 6.96. The molecule has 0 saturated heterocycles. The number of ether oxygens (including phenoxy) is 1. The molecule has 8 heteroatoms. The normalized spacial score (nSPS) is 11.4. The number of aliphatic carboxylic acids is 1. The summed E-state index contributed by atoms with van der Waals surface area (Å²) in [5.74, 6) is -0.582. The van der Waals surface area contributed by atoms with Crippen LogP contribution in [0.2, 0.25) is 0 Å². The first-order valence-electron chi connectivity index (χ1n) is 6.31. The van der Waals surface area contributed by atoms with Crippen molar-refractivity contribution in [3.8, 4) is 5.75 Å². The van der Waals surface area contributed by atoms with E-state index >= 15 is 0 Å². The van der Waals surface area contributed by atoms with Gasteiger partial charge >= 0.3 is 5.97 Å². The molecule has 0 amide bonds. The number of hydrogen-bond donors (Lipinski definition) is 1. The Morgan fingerprint density at radius 2 is 2.00 bits per heavy atom. The summed E-state index contributed by atoms with van der Waals surface area (Å²) in [5, 5.41) is 8.52. The van der Waals surface area contributed by atoms with E-state index in [0.29, 0.717) is 35.9 Å². The Morgan fingerprint density at radius 1 is 1.33 bits per heavy atom. The van der Waals surface area contributed by atoms with Crippen LogP contribution < -0.4 is 4.74 Å². The van der Waals surface area contributed by atoms with Crippen LogP contribution in [0, 0.1) is 6.92 Å². The molecule has 1 rings (SSSR count). The van der Waals surface area contributed by atoms with Crippen molar-refractivity contribution in [2.45, 2.75) is 37.5 Å². The minimum Gasteiger partial charge on any atom is -0.492 e. The molecule has 0 saturated carbocycles. The average molecular weight is 400 g/mol. The lowest BCUT2D eigenvalue weighted by Crippen LogP contribution is -2.04. The fourth-order valence-corrected chi connectivity index (χ4v) is 3.57. The molecule has 0 heterocycles. The van der Waals surface area contributed by atoms with Gasteiger partial charge in [-0.2, -0.15) is 0 Å². The van der Waals surface area contributed by atoms with Crippen molar-refractivity contribution in [1.82, 2.24) is 0 Å². The lowest BCUT2D eigenvalue weighted by Gasteiger charge is -2.13. The van der Waals surface area contributed by atoms with Gasteiger partial charge in [0.2, 0.25) is 0 Å². The molecule has 0 radical (unpaired) electrons. The van der Waals surface area contributed by atoms with Crippen molar-refractivity contribution < 1.29 is 23.1 Å². The number of halogens is 2. The second-order valence-electron chi connectivity index (χ2n) is 4.54. The number of benzene rings is 1. The summed E-state index contributed by atoms with van der Waals surface area (Å²) < 4.78 is 29.3. The third kappa shape index (κ3) is 6.23. The first-order valence-corrected chi connectivity index (χ1v) is 9.41. The van der Waals surface area contributed by atoms with E-state index in [-0.39, 0.29) is 17.1 Å². The van der Waals surface area contributed by atoms with Crippen LogP contribution in [-0.4, -0.2) is 26.1 Å². The van der Waals surface area contributed by atoms with E-state index in [0.717, 1.165) is 0 Å². The molecule has 1 N–H and O–H groups in total. The Labute approximate surface area is 136 Å². The monoisotopic (exact) mass is 398 g/mol. The minimum atomic E-state index is -3.90. The molecule has 0 fully saturated rings. The zero-order valence-electron chi connectivity index (χ0n) is 11.4. The van der Waals surface area contributed by atoms with Gasteiger partial charge in [-0.05, 0) is 43.9 Å². The minimum absolute atomic E-state index is 0.0680. The van der Waals surface area contributed by atoms with E-state index < -0.39 is 15.0 Å². The largest absolute Gasteiger partial charge is 0.492 e. The van der Waals surface area contributed by atoms with E-state index in [4.69, 9.17) is 20.5 Å². The van der Waals surface area contributed by atoms with Gasteiger partial charge in [-0.25, -0.2) is 8.42 Å². The summed E-state index contributed by atoms with van der Waals surface area (Å²) in [6, 6.07) is 3.14. The molecule has 21 heavy (non-hydrogen) atoms. The van der Waals surface area contributed by atoms with Gasteiger partial charge in [0.15, 0.2) is 0 Å². The van der Waals surface area contributed by atoms with Crippen LogP contribution in [0.15, 0.2) is 21.5 Å². The predicted octanol–water partition coefficient (Wildman–Crippen LogP) is 3.71. The Bertz CT molecular complexity index is 615. The van der Waals surface area contributed by atoms with Crippen molar-refractivity contribution in [1.29, 1.82) is 0 Å². The maximum atomic E-state index is 11.6. The van der Waals surface area contributed by atoms with Crippen molar-refractivity contribution in [2.75, 3.05) is 6.61 Å². The van der Waals surface area contributed by atoms with Gasteiger partial charge in [-0.1, -0.05) is 15.9 Å². The van der Waals surface area contributed by atoms with Crippen LogP contribution in [-0.2, 0) is 13.8 Å². The summed E-state index contributed by atoms with van der Waals surface area (Å²) >= 11 is 3.22. The summed E-state index contributed by atoms with van der Waals surface area (Å²) in [5.41, 5.74) is 0.661. The van der Waals surface area contributed by atoms with Crippen LogP contribution in [0.3, 0.4) is 0 Å². The van der Waals surface area contributed by atoms with Crippen LogP contribution >= 0.6 is 26.6 Å². The quantitative estimate of drug-likeness (QED) is 0.532. The average Bonchev–Trinajstić information content (AvgIpc) is 2.33. The Balaban J connectivity index is 2.69. The number of carboxylic acid groups (broad SMARTS) is 1. The lowest BCUT2D eigenvalue weighted by atomic mass is 10.2. The fraction of sp³-hybridized carbons (Fsp3) is 0.462. The Hall–Kier alpha value is -0.790. The summed E-state index contributed by atoms with van der Waals surface area (Å²) in [7, 11) is 1.51. The van der Waals surface area contributed by atoms with Gasteiger partial charge in [0.05, 0.1) is 6.61 Å². The number of carboxylic acids is 1. The van der Waals surface area contributed by atoms with E-state index in [1.54, 1.807) is 13.0 Å². The van der Waals surface area contributed by atoms with Gasteiger partial charge in [-0.3, -0.25) is 4.79 Å². The highest BCUT2D eigenvalue weighted by molar-refractivity contribution is 9.10. The van der Waals surface area contributed by atoms with Crippen LogP contribution in [0.1, 0.15) is 31.2 Å². The van der Waals surface area contributed by atoms with Crippen LogP contribution in [0.5, 0.6) is 5.75 Å². The molecule has 0 bridgehead atoms. The van der Waals surface area contributed by atoms with Gasteiger partial charge in [-0.15, -0.1) is 0 Å². The van der Waals surface area contributed by atoms with Gasteiger partial charge in [0, 0.05) is 21.6 Å². The van der Waals surface area contributed by atoms with Crippen LogP contribution in [0.25, 0.3) is 0 Å².